The summed E-state index contributed by atoms with van der Waals surface area (Å²) in [5, 5.41) is 0. The van der Waals surface area contributed by atoms with E-state index in [0.29, 0.717) is 26.1 Å². The number of rotatable bonds is 4. The average molecular weight is 410 g/mol. The molecule has 0 aliphatic carbocycles. The van der Waals surface area contributed by atoms with Gasteiger partial charge < -0.3 is 4.90 Å². The zero-order valence-corrected chi connectivity index (χ0v) is 16.9. The highest BCUT2D eigenvalue weighted by molar-refractivity contribution is 7.91. The van der Waals surface area contributed by atoms with Crippen LogP contribution in [0.15, 0.2) is 24.3 Å². The molecule has 6 nitrogen and oxygen atoms in total. The topological polar surface area (TPSA) is 60.9 Å². The highest BCUT2D eigenvalue weighted by Gasteiger charge is 2.35. The lowest BCUT2D eigenvalue weighted by atomic mass is 10.0. The van der Waals surface area contributed by atoms with Crippen molar-refractivity contribution in [1.29, 1.82) is 0 Å². The van der Waals surface area contributed by atoms with Crippen molar-refractivity contribution < 1.29 is 17.6 Å². The summed E-state index contributed by atoms with van der Waals surface area (Å²) >= 11 is 0. The standard InChI is InChI=1S/C20H28FN3O3S/c21-17-5-3-16(4-6-17)19-2-1-8-24(19)14-20(25)23-11-9-22(10-12-23)18-7-13-28(26,27)15-18/h3-6,18-19H,1-2,7-15H2. The van der Waals surface area contributed by atoms with Crippen molar-refractivity contribution in [2.75, 3.05) is 50.8 Å². The predicted molar refractivity (Wildman–Crippen MR) is 105 cm³/mol. The Hall–Kier alpha value is -1.51. The van der Waals surface area contributed by atoms with Gasteiger partial charge in [-0.25, -0.2) is 12.8 Å². The van der Waals surface area contributed by atoms with E-state index >= 15 is 0 Å². The third-order valence-corrected chi connectivity index (χ3v) is 8.10. The maximum absolute atomic E-state index is 13.2. The number of sulfone groups is 1. The second-order valence-corrected chi connectivity index (χ2v) is 10.4. The van der Waals surface area contributed by atoms with Gasteiger partial charge in [-0.2, -0.15) is 0 Å². The van der Waals surface area contributed by atoms with E-state index in [0.717, 1.165) is 38.0 Å². The second-order valence-electron chi connectivity index (χ2n) is 8.15. The van der Waals surface area contributed by atoms with Crippen LogP contribution in [0.3, 0.4) is 0 Å². The maximum atomic E-state index is 13.2. The first-order valence-corrected chi connectivity index (χ1v) is 12.0. The molecule has 2 unspecified atom stereocenters. The molecule has 3 heterocycles. The fraction of sp³-hybridized carbons (Fsp3) is 0.650. The Morgan fingerprint density at radius 1 is 1.04 bits per heavy atom. The lowest BCUT2D eigenvalue weighted by Crippen LogP contribution is -2.53. The first-order valence-electron chi connectivity index (χ1n) is 10.1. The van der Waals surface area contributed by atoms with Crippen molar-refractivity contribution in [3.05, 3.63) is 35.6 Å². The highest BCUT2D eigenvalue weighted by atomic mass is 32.2. The van der Waals surface area contributed by atoms with Gasteiger partial charge in [-0.15, -0.1) is 0 Å². The van der Waals surface area contributed by atoms with E-state index in [1.807, 2.05) is 17.0 Å². The van der Waals surface area contributed by atoms with Crippen LogP contribution >= 0.6 is 0 Å². The summed E-state index contributed by atoms with van der Waals surface area (Å²) in [7, 11) is -2.88. The average Bonchev–Trinajstić information content (AvgIpc) is 3.28. The molecule has 0 aromatic heterocycles. The number of hydrogen-bond donors (Lipinski definition) is 0. The van der Waals surface area contributed by atoms with Crippen molar-refractivity contribution in [3.63, 3.8) is 0 Å². The molecule has 2 atom stereocenters. The van der Waals surface area contributed by atoms with Gasteiger partial charge >= 0.3 is 0 Å². The van der Waals surface area contributed by atoms with Crippen LogP contribution in [0.1, 0.15) is 30.9 Å². The summed E-state index contributed by atoms with van der Waals surface area (Å²) in [6.45, 7) is 4.07. The summed E-state index contributed by atoms with van der Waals surface area (Å²) < 4.78 is 36.6. The highest BCUT2D eigenvalue weighted by Crippen LogP contribution is 2.31. The van der Waals surface area contributed by atoms with Crippen LogP contribution in [0.25, 0.3) is 0 Å². The van der Waals surface area contributed by atoms with E-state index < -0.39 is 9.84 Å². The Kier molecular flexibility index (Phi) is 5.71. The molecule has 1 aromatic carbocycles. The van der Waals surface area contributed by atoms with E-state index in [2.05, 4.69) is 9.80 Å². The molecule has 1 amide bonds. The van der Waals surface area contributed by atoms with Crippen LogP contribution < -0.4 is 0 Å². The number of hydrogen-bond acceptors (Lipinski definition) is 5. The van der Waals surface area contributed by atoms with E-state index in [1.54, 1.807) is 0 Å². The van der Waals surface area contributed by atoms with Gasteiger partial charge in [-0.05, 0) is 43.5 Å². The van der Waals surface area contributed by atoms with Gasteiger partial charge in [0.15, 0.2) is 9.84 Å². The van der Waals surface area contributed by atoms with E-state index in [9.17, 15) is 17.6 Å². The van der Waals surface area contributed by atoms with E-state index in [1.165, 1.54) is 12.1 Å². The number of piperazine rings is 1. The van der Waals surface area contributed by atoms with Crippen LogP contribution in [0.5, 0.6) is 0 Å². The van der Waals surface area contributed by atoms with Crippen LogP contribution in [-0.4, -0.2) is 85.8 Å². The number of nitrogens with zero attached hydrogens (tertiary/aromatic N) is 3. The normalized spacial score (nSPS) is 28.7. The lowest BCUT2D eigenvalue weighted by molar-refractivity contribution is -0.134. The Morgan fingerprint density at radius 2 is 1.75 bits per heavy atom. The number of halogens is 1. The van der Waals surface area contributed by atoms with Gasteiger partial charge in [0.1, 0.15) is 5.82 Å². The van der Waals surface area contributed by atoms with Gasteiger partial charge in [0.2, 0.25) is 5.91 Å². The summed E-state index contributed by atoms with van der Waals surface area (Å²) in [5.74, 6) is 0.440. The quantitative estimate of drug-likeness (QED) is 0.750. The first-order chi connectivity index (χ1) is 13.4. The minimum Gasteiger partial charge on any atom is -0.339 e. The van der Waals surface area contributed by atoms with E-state index in [-0.39, 0.29) is 35.3 Å². The van der Waals surface area contributed by atoms with Crippen molar-refractivity contribution in [2.45, 2.75) is 31.3 Å². The number of carbonyl (C=O) groups excluding carboxylic acids is 1. The fourth-order valence-corrected chi connectivity index (χ4v) is 6.51. The predicted octanol–water partition coefficient (Wildman–Crippen LogP) is 1.29. The SMILES string of the molecule is O=C(CN1CCCC1c1ccc(F)cc1)N1CCN(C2CCS(=O)(=O)C2)CC1. The van der Waals surface area contributed by atoms with Crippen molar-refractivity contribution >= 4 is 15.7 Å². The van der Waals surface area contributed by atoms with Crippen molar-refractivity contribution in [3.8, 4) is 0 Å². The Morgan fingerprint density at radius 3 is 2.39 bits per heavy atom. The van der Waals surface area contributed by atoms with Crippen molar-refractivity contribution in [2.24, 2.45) is 0 Å². The van der Waals surface area contributed by atoms with Gasteiger partial charge in [0.05, 0.1) is 18.1 Å². The Balaban J connectivity index is 1.30. The molecule has 0 spiro atoms. The molecule has 3 saturated heterocycles. The van der Waals surface area contributed by atoms with Gasteiger partial charge in [-0.1, -0.05) is 12.1 Å². The fourth-order valence-electron chi connectivity index (χ4n) is 4.75. The molecular weight excluding hydrogens is 381 g/mol. The number of likely N-dealkylation sites (tertiary alicyclic amines) is 1. The van der Waals surface area contributed by atoms with Crippen LogP contribution in [0, 0.1) is 5.82 Å². The number of carbonyl (C=O) groups is 1. The molecule has 3 aliphatic heterocycles. The van der Waals surface area contributed by atoms with Crippen molar-refractivity contribution in [1.82, 2.24) is 14.7 Å². The van der Waals surface area contributed by atoms with Crippen LogP contribution in [0.4, 0.5) is 4.39 Å². The molecular formula is C20H28FN3O3S. The molecule has 0 radical (unpaired) electrons. The zero-order valence-electron chi connectivity index (χ0n) is 16.1. The Labute approximate surface area is 166 Å². The largest absolute Gasteiger partial charge is 0.339 e. The third-order valence-electron chi connectivity index (χ3n) is 6.35. The smallest absolute Gasteiger partial charge is 0.236 e. The minimum absolute atomic E-state index is 0.115. The molecule has 0 N–H and O–H groups in total. The summed E-state index contributed by atoms with van der Waals surface area (Å²) in [4.78, 5) is 19.2. The summed E-state index contributed by atoms with van der Waals surface area (Å²) in [5.41, 5.74) is 1.07. The molecule has 4 rings (SSSR count). The Bertz CT molecular complexity index is 806. The molecule has 8 heteroatoms. The molecule has 3 fully saturated rings. The van der Waals surface area contributed by atoms with Gasteiger partial charge in [0.25, 0.3) is 0 Å². The molecule has 3 aliphatic rings. The molecule has 154 valence electrons. The lowest BCUT2D eigenvalue weighted by Gasteiger charge is -2.38. The molecule has 0 saturated carbocycles. The van der Waals surface area contributed by atoms with Crippen LogP contribution in [0.2, 0.25) is 0 Å². The van der Waals surface area contributed by atoms with Gasteiger partial charge in [0, 0.05) is 38.3 Å². The molecule has 1 aromatic rings. The number of amides is 1. The van der Waals surface area contributed by atoms with Crippen LogP contribution in [-0.2, 0) is 14.6 Å². The molecule has 0 bridgehead atoms. The van der Waals surface area contributed by atoms with E-state index in [4.69, 9.17) is 0 Å². The number of benzene rings is 1. The molecule has 28 heavy (non-hydrogen) atoms. The second kappa shape index (κ2) is 8.08. The zero-order chi connectivity index (χ0) is 19.7. The third kappa shape index (κ3) is 4.39. The van der Waals surface area contributed by atoms with Gasteiger partial charge in [-0.3, -0.25) is 14.6 Å². The maximum Gasteiger partial charge on any atom is 0.236 e. The summed E-state index contributed by atoms with van der Waals surface area (Å²) in [6, 6.07) is 6.89. The monoisotopic (exact) mass is 409 g/mol. The summed E-state index contributed by atoms with van der Waals surface area (Å²) in [6.07, 6.45) is 2.74. The minimum atomic E-state index is -2.88. The first kappa shape index (κ1) is 19.8.